The van der Waals surface area contributed by atoms with Crippen molar-refractivity contribution in [3.8, 4) is 17.1 Å². The van der Waals surface area contributed by atoms with E-state index in [0.717, 1.165) is 57.8 Å². The molecule has 0 bridgehead atoms. The second kappa shape index (κ2) is 13.2. The summed E-state index contributed by atoms with van der Waals surface area (Å²) < 4.78 is 19.4. The Labute approximate surface area is 283 Å². The summed E-state index contributed by atoms with van der Waals surface area (Å²) in [5.74, 6) is 9.57. The van der Waals surface area contributed by atoms with Crippen molar-refractivity contribution in [2.45, 2.75) is 104 Å². The summed E-state index contributed by atoms with van der Waals surface area (Å²) in [5, 5.41) is 16.4. The molecule has 1 aromatic carbocycles. The SMILES string of the molecule is COC(=O)CC[C@@H](C)[C@H]1CC[C@H]2[C@@H]3CC[C@@H]4C[C@H](OC(=O)Cn5nc(-c6ccccc6OC)n(N)c5=S)CC[C@]4(C)[C@H]3C[C@H](O)[C@]12C. The molecule has 0 radical (unpaired) electrons. The Kier molecular flexibility index (Phi) is 9.52. The van der Waals surface area contributed by atoms with Crippen LogP contribution in [0.3, 0.4) is 0 Å². The highest BCUT2D eigenvalue weighted by Crippen LogP contribution is 2.68. The topological polar surface area (TPSA) is 131 Å². The maximum absolute atomic E-state index is 13.2. The molecule has 3 N–H and O–H groups in total. The molecule has 10 nitrogen and oxygen atoms in total. The molecule has 0 unspecified atom stereocenters. The number of esters is 2. The van der Waals surface area contributed by atoms with Gasteiger partial charge < -0.3 is 25.2 Å². The number of benzene rings is 1. The zero-order valence-electron chi connectivity index (χ0n) is 28.5. The third-order valence-corrected chi connectivity index (χ3v) is 13.7. The number of hydrogen-bond donors (Lipinski definition) is 2. The number of hydrogen-bond acceptors (Lipinski definition) is 9. The van der Waals surface area contributed by atoms with Gasteiger partial charge in [-0.25, -0.2) is 9.36 Å². The minimum absolute atomic E-state index is 0.111. The Balaban J connectivity index is 1.09. The number of nitrogens with two attached hydrogens (primary N) is 1. The van der Waals surface area contributed by atoms with Crippen molar-refractivity contribution < 1.29 is 28.9 Å². The van der Waals surface area contributed by atoms with Crippen LogP contribution < -0.4 is 10.6 Å². The van der Waals surface area contributed by atoms with Gasteiger partial charge >= 0.3 is 11.9 Å². The molecule has 4 saturated carbocycles. The lowest BCUT2D eigenvalue weighted by Gasteiger charge is -2.62. The smallest absolute Gasteiger partial charge is 0.328 e. The standard InChI is InChI=1S/C36H52N4O6S/c1-21(10-15-31(42)45-5)26-13-14-27-24-12-11-22-18-23(16-17-35(22,2)28(24)19-30(41)36(26,27)3)46-32(43)20-39-34(47)40(37)33(38-39)25-8-6-7-9-29(25)44-4/h6-9,21-24,26-28,30,41H,10-20,37H2,1-5H3/t21-,22-,23-,24+,26-,27+,28+,30+,35+,36-/m1/s1. The van der Waals surface area contributed by atoms with Crippen LogP contribution in [-0.2, 0) is 25.6 Å². The van der Waals surface area contributed by atoms with Crippen molar-refractivity contribution >= 4 is 24.2 Å². The highest BCUT2D eigenvalue weighted by Gasteiger charge is 2.63. The average molecular weight is 669 g/mol. The van der Waals surface area contributed by atoms with Crippen LogP contribution >= 0.6 is 12.2 Å². The molecule has 47 heavy (non-hydrogen) atoms. The van der Waals surface area contributed by atoms with Gasteiger partial charge in [0, 0.05) is 6.42 Å². The Hall–Kier alpha value is -2.92. The number of aromatic nitrogens is 3. The van der Waals surface area contributed by atoms with Crippen molar-refractivity contribution in [1.82, 2.24) is 14.5 Å². The first-order valence-corrected chi connectivity index (χ1v) is 17.9. The molecule has 0 amide bonds. The lowest BCUT2D eigenvalue weighted by molar-refractivity contribution is -0.182. The van der Waals surface area contributed by atoms with E-state index in [-0.39, 0.29) is 46.3 Å². The molecule has 258 valence electrons. The molecule has 0 saturated heterocycles. The largest absolute Gasteiger partial charge is 0.496 e. The predicted octanol–water partition coefficient (Wildman–Crippen LogP) is 5.93. The molecule has 1 heterocycles. The van der Waals surface area contributed by atoms with E-state index in [2.05, 4.69) is 25.9 Å². The highest BCUT2D eigenvalue weighted by atomic mass is 32.1. The van der Waals surface area contributed by atoms with Gasteiger partial charge in [0.1, 0.15) is 18.4 Å². The van der Waals surface area contributed by atoms with Crippen LogP contribution in [-0.4, -0.2) is 57.9 Å². The number of ether oxygens (including phenoxy) is 3. The molecule has 6 rings (SSSR count). The molecule has 1 aromatic heterocycles. The van der Waals surface area contributed by atoms with Crippen LogP contribution in [0.15, 0.2) is 24.3 Å². The number of aliphatic hydroxyl groups is 1. The number of para-hydroxylation sites is 1. The van der Waals surface area contributed by atoms with Gasteiger partial charge in [-0.1, -0.05) is 32.9 Å². The first kappa shape index (κ1) is 34.0. The van der Waals surface area contributed by atoms with Crippen LogP contribution in [0.4, 0.5) is 0 Å². The number of carbonyl (C=O) groups is 2. The summed E-state index contributed by atoms with van der Waals surface area (Å²) in [7, 11) is 3.03. The number of fused-ring (bicyclic) bond motifs is 5. The molecule has 11 heteroatoms. The van der Waals surface area contributed by atoms with Crippen LogP contribution in [0, 0.1) is 51.1 Å². The first-order chi connectivity index (χ1) is 22.4. The van der Waals surface area contributed by atoms with Crippen molar-refractivity contribution in [1.29, 1.82) is 0 Å². The van der Waals surface area contributed by atoms with Gasteiger partial charge in [-0.3, -0.25) is 9.59 Å². The summed E-state index contributed by atoms with van der Waals surface area (Å²) in [5.41, 5.74) is 0.690. The molecule has 2 aromatic rings. The van der Waals surface area contributed by atoms with Crippen molar-refractivity contribution in [2.24, 2.45) is 46.3 Å². The zero-order chi connectivity index (χ0) is 33.7. The molecule has 0 aliphatic heterocycles. The molecular weight excluding hydrogens is 616 g/mol. The van der Waals surface area contributed by atoms with E-state index in [1.807, 2.05) is 24.3 Å². The van der Waals surface area contributed by atoms with Gasteiger partial charge in [0.05, 0.1) is 25.9 Å². The predicted molar refractivity (Wildman–Crippen MR) is 180 cm³/mol. The normalized spacial score (nSPS) is 35.2. The van der Waals surface area contributed by atoms with Gasteiger partial charge in [0.2, 0.25) is 4.77 Å². The number of nitrogens with zero attached hydrogens (tertiary/aromatic N) is 3. The highest BCUT2D eigenvalue weighted by molar-refractivity contribution is 7.71. The minimum Gasteiger partial charge on any atom is -0.496 e. The van der Waals surface area contributed by atoms with Gasteiger partial charge in [-0.15, -0.1) is 5.10 Å². The summed E-state index contributed by atoms with van der Waals surface area (Å²) in [6.07, 6.45) is 8.81. The van der Waals surface area contributed by atoms with Crippen LogP contribution in [0.5, 0.6) is 5.75 Å². The van der Waals surface area contributed by atoms with Crippen molar-refractivity contribution in [2.75, 3.05) is 20.1 Å². The lowest BCUT2D eigenvalue weighted by Crippen LogP contribution is -2.59. The maximum atomic E-state index is 13.2. The van der Waals surface area contributed by atoms with E-state index < -0.39 is 0 Å². The Morgan fingerprint density at radius 3 is 2.60 bits per heavy atom. The second-order valence-corrected chi connectivity index (χ2v) is 15.6. The fourth-order valence-corrected chi connectivity index (χ4v) is 11.0. The Bertz CT molecular complexity index is 1540. The first-order valence-electron chi connectivity index (χ1n) is 17.4. The maximum Gasteiger partial charge on any atom is 0.328 e. The lowest BCUT2D eigenvalue weighted by atomic mass is 9.43. The van der Waals surface area contributed by atoms with E-state index in [9.17, 15) is 14.7 Å². The van der Waals surface area contributed by atoms with E-state index >= 15 is 0 Å². The van der Waals surface area contributed by atoms with Crippen LogP contribution in [0.1, 0.15) is 85.0 Å². The second-order valence-electron chi connectivity index (χ2n) is 15.3. The molecule has 0 spiro atoms. The fraction of sp³-hybridized carbons (Fsp3) is 0.722. The summed E-state index contributed by atoms with van der Waals surface area (Å²) in [6, 6.07) is 7.40. The van der Waals surface area contributed by atoms with Crippen molar-refractivity contribution in [3.63, 3.8) is 0 Å². The third kappa shape index (κ3) is 5.89. The fourth-order valence-electron chi connectivity index (χ4n) is 10.8. The van der Waals surface area contributed by atoms with Gasteiger partial charge in [0.15, 0.2) is 5.82 Å². The average Bonchev–Trinajstić information content (AvgIpc) is 3.56. The number of aliphatic hydroxyl groups excluding tert-OH is 1. The molecule has 4 fully saturated rings. The molecule has 10 atom stereocenters. The van der Waals surface area contributed by atoms with Gasteiger partial charge in [-0.05, 0) is 128 Å². The van der Waals surface area contributed by atoms with E-state index in [1.165, 1.54) is 16.5 Å². The summed E-state index contributed by atoms with van der Waals surface area (Å²) in [4.78, 5) is 25.1. The molecular formula is C36H52N4O6S. The summed E-state index contributed by atoms with van der Waals surface area (Å²) >= 11 is 5.51. The van der Waals surface area contributed by atoms with Crippen molar-refractivity contribution in [3.05, 3.63) is 29.0 Å². The zero-order valence-corrected chi connectivity index (χ0v) is 29.3. The van der Waals surface area contributed by atoms with E-state index in [4.69, 9.17) is 32.3 Å². The van der Waals surface area contributed by atoms with Crippen LogP contribution in [0.2, 0.25) is 0 Å². The number of nitrogen functional groups attached to an aromatic ring is 1. The van der Waals surface area contributed by atoms with E-state index in [1.54, 1.807) is 7.11 Å². The number of rotatable bonds is 9. The quantitative estimate of drug-likeness (QED) is 0.190. The molecule has 4 aliphatic carbocycles. The van der Waals surface area contributed by atoms with E-state index in [0.29, 0.717) is 59.1 Å². The Morgan fingerprint density at radius 1 is 1.09 bits per heavy atom. The summed E-state index contributed by atoms with van der Waals surface area (Å²) in [6.45, 7) is 6.94. The Morgan fingerprint density at radius 2 is 1.85 bits per heavy atom. The molecule has 4 aliphatic rings. The monoisotopic (exact) mass is 668 g/mol. The number of carbonyl (C=O) groups excluding carboxylic acids is 2. The van der Waals surface area contributed by atoms with Gasteiger partial charge in [-0.2, -0.15) is 0 Å². The minimum atomic E-state index is -0.366. The van der Waals surface area contributed by atoms with Gasteiger partial charge in [0.25, 0.3) is 0 Å². The van der Waals surface area contributed by atoms with Crippen LogP contribution in [0.25, 0.3) is 11.4 Å². The number of methoxy groups -OCH3 is 2. The third-order valence-electron chi connectivity index (χ3n) is 13.3.